The third-order valence-electron chi connectivity index (χ3n) is 2.34. The summed E-state index contributed by atoms with van der Waals surface area (Å²) in [6, 6.07) is 7.63. The summed E-state index contributed by atoms with van der Waals surface area (Å²) in [6.45, 7) is 0.725. The molecule has 0 bridgehead atoms. The Hall–Kier alpha value is -0.840. The van der Waals surface area contributed by atoms with E-state index in [4.69, 9.17) is 4.74 Å². The first-order chi connectivity index (χ1) is 7.29. The standard InChI is InChI=1S/C12H11IO2/c13-11-6-2-1-5-10(11)12(14)9-4-3-7-15-8-9/h1-2,5-6,8H,3-4,7H2. The van der Waals surface area contributed by atoms with Crippen molar-refractivity contribution in [2.75, 3.05) is 6.61 Å². The quantitative estimate of drug-likeness (QED) is 0.619. The molecular formula is C12H11IO2. The summed E-state index contributed by atoms with van der Waals surface area (Å²) < 4.78 is 6.17. The van der Waals surface area contributed by atoms with Crippen LogP contribution in [0.15, 0.2) is 36.1 Å². The third kappa shape index (κ3) is 2.40. The maximum atomic E-state index is 12.1. The van der Waals surface area contributed by atoms with Gasteiger partial charge in [-0.1, -0.05) is 12.1 Å². The zero-order valence-electron chi connectivity index (χ0n) is 8.20. The number of hydrogen-bond acceptors (Lipinski definition) is 2. The molecule has 0 fully saturated rings. The molecular weight excluding hydrogens is 303 g/mol. The van der Waals surface area contributed by atoms with E-state index in [0.717, 1.165) is 34.2 Å². The Morgan fingerprint density at radius 1 is 1.33 bits per heavy atom. The molecule has 15 heavy (non-hydrogen) atoms. The lowest BCUT2D eigenvalue weighted by atomic mass is 10.00. The topological polar surface area (TPSA) is 26.3 Å². The van der Waals surface area contributed by atoms with Crippen molar-refractivity contribution in [3.05, 3.63) is 45.2 Å². The van der Waals surface area contributed by atoms with Crippen LogP contribution in [0.4, 0.5) is 0 Å². The van der Waals surface area contributed by atoms with E-state index in [0.29, 0.717) is 0 Å². The van der Waals surface area contributed by atoms with Gasteiger partial charge in [0.2, 0.25) is 0 Å². The highest BCUT2D eigenvalue weighted by atomic mass is 127. The lowest BCUT2D eigenvalue weighted by Crippen LogP contribution is -2.10. The predicted molar refractivity (Wildman–Crippen MR) is 66.8 cm³/mol. The second kappa shape index (κ2) is 4.79. The van der Waals surface area contributed by atoms with Crippen LogP contribution in [0.1, 0.15) is 23.2 Å². The number of hydrogen-bond donors (Lipinski definition) is 0. The van der Waals surface area contributed by atoms with Gasteiger partial charge in [-0.2, -0.15) is 0 Å². The van der Waals surface area contributed by atoms with Gasteiger partial charge >= 0.3 is 0 Å². The molecule has 0 saturated carbocycles. The smallest absolute Gasteiger partial charge is 0.193 e. The molecule has 2 nitrogen and oxygen atoms in total. The van der Waals surface area contributed by atoms with Gasteiger partial charge in [0.15, 0.2) is 5.78 Å². The lowest BCUT2D eigenvalue weighted by molar-refractivity contribution is 0.101. The molecule has 1 aromatic rings. The van der Waals surface area contributed by atoms with Crippen LogP contribution in [0.5, 0.6) is 0 Å². The molecule has 1 aliphatic rings. The fourth-order valence-corrected chi connectivity index (χ4v) is 2.18. The van der Waals surface area contributed by atoms with Crippen molar-refractivity contribution in [3.8, 4) is 0 Å². The molecule has 0 aliphatic carbocycles. The van der Waals surface area contributed by atoms with Crippen molar-refractivity contribution in [3.63, 3.8) is 0 Å². The molecule has 78 valence electrons. The number of benzene rings is 1. The summed E-state index contributed by atoms with van der Waals surface area (Å²) in [5.74, 6) is 0.0969. The Balaban J connectivity index is 2.28. The van der Waals surface area contributed by atoms with E-state index >= 15 is 0 Å². The number of rotatable bonds is 2. The number of halogens is 1. The molecule has 1 aromatic carbocycles. The normalized spacial score (nSPS) is 15.4. The third-order valence-corrected chi connectivity index (χ3v) is 3.28. The van der Waals surface area contributed by atoms with Crippen LogP contribution in [-0.4, -0.2) is 12.4 Å². The fourth-order valence-electron chi connectivity index (χ4n) is 1.55. The molecule has 1 heterocycles. The minimum Gasteiger partial charge on any atom is -0.501 e. The molecule has 0 aromatic heterocycles. The lowest BCUT2D eigenvalue weighted by Gasteiger charge is -2.13. The van der Waals surface area contributed by atoms with E-state index in [-0.39, 0.29) is 5.78 Å². The minimum absolute atomic E-state index is 0.0969. The summed E-state index contributed by atoms with van der Waals surface area (Å²) in [5, 5.41) is 0. The van der Waals surface area contributed by atoms with Crippen molar-refractivity contribution >= 4 is 28.4 Å². The van der Waals surface area contributed by atoms with E-state index in [2.05, 4.69) is 22.6 Å². The van der Waals surface area contributed by atoms with Gasteiger partial charge in [0.05, 0.1) is 12.9 Å². The van der Waals surface area contributed by atoms with Crippen LogP contribution in [0.25, 0.3) is 0 Å². The molecule has 3 heteroatoms. The Bertz CT molecular complexity index is 410. The van der Waals surface area contributed by atoms with Crippen molar-refractivity contribution in [2.45, 2.75) is 12.8 Å². The highest BCUT2D eigenvalue weighted by Gasteiger charge is 2.16. The first-order valence-electron chi connectivity index (χ1n) is 4.89. The van der Waals surface area contributed by atoms with Gasteiger partial charge in [0.25, 0.3) is 0 Å². The molecule has 0 spiro atoms. The molecule has 0 saturated heterocycles. The zero-order chi connectivity index (χ0) is 10.7. The van der Waals surface area contributed by atoms with Gasteiger partial charge in [0, 0.05) is 14.7 Å². The van der Waals surface area contributed by atoms with Crippen molar-refractivity contribution in [2.24, 2.45) is 0 Å². The van der Waals surface area contributed by atoms with E-state index in [1.165, 1.54) is 0 Å². The van der Waals surface area contributed by atoms with Crippen LogP contribution >= 0.6 is 22.6 Å². The van der Waals surface area contributed by atoms with Gasteiger partial charge in [0.1, 0.15) is 0 Å². The number of carbonyl (C=O) groups excluding carboxylic acids is 1. The molecule has 2 rings (SSSR count). The largest absolute Gasteiger partial charge is 0.501 e. The average Bonchev–Trinajstić information content (AvgIpc) is 2.30. The van der Waals surface area contributed by atoms with Crippen molar-refractivity contribution in [1.29, 1.82) is 0 Å². The first kappa shape index (κ1) is 10.7. The van der Waals surface area contributed by atoms with Crippen LogP contribution < -0.4 is 0 Å². The van der Waals surface area contributed by atoms with Gasteiger partial charge in [-0.05, 0) is 47.6 Å². The monoisotopic (exact) mass is 314 g/mol. The SMILES string of the molecule is O=C(C1=COCCC1)c1ccccc1I. The molecule has 1 aliphatic heterocycles. The van der Waals surface area contributed by atoms with E-state index < -0.39 is 0 Å². The van der Waals surface area contributed by atoms with Gasteiger partial charge < -0.3 is 4.74 Å². The van der Waals surface area contributed by atoms with Crippen LogP contribution in [0.2, 0.25) is 0 Å². The zero-order valence-corrected chi connectivity index (χ0v) is 10.4. The number of allylic oxidation sites excluding steroid dienone is 1. The Kier molecular flexibility index (Phi) is 3.41. The Morgan fingerprint density at radius 3 is 2.80 bits per heavy atom. The number of Topliss-reactive ketones (excluding diaryl/α,β-unsaturated/α-hetero) is 1. The summed E-state index contributed by atoms with van der Waals surface area (Å²) in [6.07, 6.45) is 3.36. The summed E-state index contributed by atoms with van der Waals surface area (Å²) >= 11 is 2.18. The molecule has 0 radical (unpaired) electrons. The maximum absolute atomic E-state index is 12.1. The highest BCUT2D eigenvalue weighted by Crippen LogP contribution is 2.20. The second-order valence-electron chi connectivity index (χ2n) is 3.43. The predicted octanol–water partition coefficient (Wildman–Crippen LogP) is 3.17. The molecule has 0 amide bonds. The summed E-state index contributed by atoms with van der Waals surface area (Å²) in [5.41, 5.74) is 1.56. The first-order valence-corrected chi connectivity index (χ1v) is 5.97. The van der Waals surface area contributed by atoms with Crippen molar-refractivity contribution in [1.82, 2.24) is 0 Å². The molecule has 0 atom stereocenters. The number of ether oxygens (including phenoxy) is 1. The maximum Gasteiger partial charge on any atom is 0.193 e. The number of carbonyl (C=O) groups is 1. The highest BCUT2D eigenvalue weighted by molar-refractivity contribution is 14.1. The van der Waals surface area contributed by atoms with E-state index in [9.17, 15) is 4.79 Å². The van der Waals surface area contributed by atoms with Gasteiger partial charge in [-0.3, -0.25) is 4.79 Å². The fraction of sp³-hybridized carbons (Fsp3) is 0.250. The van der Waals surface area contributed by atoms with Gasteiger partial charge in [-0.25, -0.2) is 0 Å². The summed E-state index contributed by atoms with van der Waals surface area (Å²) in [4.78, 5) is 12.1. The summed E-state index contributed by atoms with van der Waals surface area (Å²) in [7, 11) is 0. The Labute approximate surface area is 102 Å². The molecule has 0 N–H and O–H groups in total. The van der Waals surface area contributed by atoms with Crippen LogP contribution in [-0.2, 0) is 4.74 Å². The van der Waals surface area contributed by atoms with E-state index in [1.807, 2.05) is 24.3 Å². The molecule has 0 unspecified atom stereocenters. The number of ketones is 1. The van der Waals surface area contributed by atoms with Crippen LogP contribution in [0.3, 0.4) is 0 Å². The van der Waals surface area contributed by atoms with Gasteiger partial charge in [-0.15, -0.1) is 0 Å². The van der Waals surface area contributed by atoms with Crippen molar-refractivity contribution < 1.29 is 9.53 Å². The van der Waals surface area contributed by atoms with E-state index in [1.54, 1.807) is 6.26 Å². The second-order valence-corrected chi connectivity index (χ2v) is 4.59. The average molecular weight is 314 g/mol. The Morgan fingerprint density at radius 2 is 2.13 bits per heavy atom. The van der Waals surface area contributed by atoms with Crippen LogP contribution in [0, 0.1) is 3.57 Å². The minimum atomic E-state index is 0.0969.